The lowest BCUT2D eigenvalue weighted by Crippen LogP contribution is -2.03. The van der Waals surface area contributed by atoms with E-state index in [1.54, 1.807) is 0 Å². The monoisotopic (exact) mass is 295 g/mol. The average molecular weight is 295 g/mol. The number of anilines is 2. The molecule has 22 heavy (non-hydrogen) atoms. The van der Waals surface area contributed by atoms with E-state index in [1.807, 2.05) is 68.4 Å². The number of hydrogen-bond acceptors (Lipinski definition) is 5. The SMILES string of the molecule is Cc1ccc(OC(C)c2nnc(Nc3ccccc3)o2)cc1. The number of rotatable bonds is 5. The molecule has 0 amide bonds. The largest absolute Gasteiger partial charge is 0.481 e. The van der Waals surface area contributed by atoms with Gasteiger partial charge in [0.1, 0.15) is 5.75 Å². The Hall–Kier alpha value is -2.82. The van der Waals surface area contributed by atoms with Crippen molar-refractivity contribution in [3.8, 4) is 5.75 Å². The van der Waals surface area contributed by atoms with E-state index in [1.165, 1.54) is 5.56 Å². The van der Waals surface area contributed by atoms with Crippen molar-refractivity contribution in [3.63, 3.8) is 0 Å². The molecule has 0 aliphatic heterocycles. The Morgan fingerprint density at radius 2 is 1.73 bits per heavy atom. The van der Waals surface area contributed by atoms with Crippen LogP contribution in [0.2, 0.25) is 0 Å². The predicted octanol–water partition coefficient (Wildman–Crippen LogP) is 4.26. The van der Waals surface area contributed by atoms with Gasteiger partial charge in [-0.15, -0.1) is 5.10 Å². The summed E-state index contributed by atoms with van der Waals surface area (Å²) in [5.74, 6) is 1.20. The quantitative estimate of drug-likeness (QED) is 0.762. The molecule has 0 aliphatic carbocycles. The Kier molecular flexibility index (Phi) is 4.05. The molecule has 1 atom stereocenters. The van der Waals surface area contributed by atoms with Crippen LogP contribution in [0.1, 0.15) is 24.5 Å². The average Bonchev–Trinajstić information content (AvgIpc) is 2.99. The third kappa shape index (κ3) is 3.44. The van der Waals surface area contributed by atoms with Crippen LogP contribution in [0.3, 0.4) is 0 Å². The van der Waals surface area contributed by atoms with E-state index in [9.17, 15) is 0 Å². The van der Waals surface area contributed by atoms with Gasteiger partial charge in [-0.1, -0.05) is 41.0 Å². The molecule has 112 valence electrons. The normalized spacial score (nSPS) is 11.9. The summed E-state index contributed by atoms with van der Waals surface area (Å²) < 4.78 is 11.4. The van der Waals surface area contributed by atoms with E-state index >= 15 is 0 Å². The van der Waals surface area contributed by atoms with Gasteiger partial charge in [0, 0.05) is 5.69 Å². The molecule has 0 fully saturated rings. The first-order chi connectivity index (χ1) is 10.7. The van der Waals surface area contributed by atoms with Gasteiger partial charge in [0.05, 0.1) is 0 Å². The van der Waals surface area contributed by atoms with E-state index in [4.69, 9.17) is 9.15 Å². The number of para-hydroxylation sites is 1. The van der Waals surface area contributed by atoms with Gasteiger partial charge in [0.2, 0.25) is 0 Å². The molecule has 0 radical (unpaired) electrons. The number of aromatic nitrogens is 2. The molecule has 2 aromatic carbocycles. The van der Waals surface area contributed by atoms with E-state index in [0.717, 1.165) is 11.4 Å². The number of benzene rings is 2. The smallest absolute Gasteiger partial charge is 0.320 e. The maximum absolute atomic E-state index is 5.79. The lowest BCUT2D eigenvalue weighted by atomic mass is 10.2. The molecule has 0 bridgehead atoms. The molecule has 1 N–H and O–H groups in total. The van der Waals surface area contributed by atoms with Crippen LogP contribution in [-0.4, -0.2) is 10.2 Å². The van der Waals surface area contributed by atoms with Crippen LogP contribution in [-0.2, 0) is 0 Å². The highest BCUT2D eigenvalue weighted by Gasteiger charge is 2.15. The van der Waals surface area contributed by atoms with E-state index in [-0.39, 0.29) is 6.10 Å². The highest BCUT2D eigenvalue weighted by atomic mass is 16.5. The van der Waals surface area contributed by atoms with E-state index in [0.29, 0.717) is 11.9 Å². The zero-order valence-electron chi connectivity index (χ0n) is 12.5. The maximum Gasteiger partial charge on any atom is 0.320 e. The van der Waals surface area contributed by atoms with Crippen molar-refractivity contribution in [1.82, 2.24) is 10.2 Å². The molecule has 5 heteroatoms. The van der Waals surface area contributed by atoms with Crippen molar-refractivity contribution < 1.29 is 9.15 Å². The standard InChI is InChI=1S/C17H17N3O2/c1-12-8-10-15(11-9-12)21-13(2)16-19-20-17(22-16)18-14-6-4-3-5-7-14/h3-11,13H,1-2H3,(H,18,20). The van der Waals surface area contributed by atoms with E-state index < -0.39 is 0 Å². The Morgan fingerprint density at radius 1 is 1.00 bits per heavy atom. The maximum atomic E-state index is 5.79. The topological polar surface area (TPSA) is 60.2 Å². The molecule has 3 rings (SSSR count). The van der Waals surface area contributed by atoms with Crippen LogP contribution in [0.25, 0.3) is 0 Å². The van der Waals surface area contributed by atoms with Gasteiger partial charge in [-0.25, -0.2) is 0 Å². The zero-order valence-corrected chi connectivity index (χ0v) is 12.5. The van der Waals surface area contributed by atoms with Crippen molar-refractivity contribution in [2.45, 2.75) is 20.0 Å². The number of nitrogens with one attached hydrogen (secondary N) is 1. The predicted molar refractivity (Wildman–Crippen MR) is 84.2 cm³/mol. The third-order valence-electron chi connectivity index (χ3n) is 3.15. The summed E-state index contributed by atoms with van der Waals surface area (Å²) in [6.45, 7) is 3.91. The minimum atomic E-state index is -0.318. The highest BCUT2D eigenvalue weighted by molar-refractivity contribution is 5.50. The van der Waals surface area contributed by atoms with Crippen molar-refractivity contribution in [2.24, 2.45) is 0 Å². The van der Waals surface area contributed by atoms with Gasteiger partial charge in [0.15, 0.2) is 6.10 Å². The number of nitrogens with zero attached hydrogens (tertiary/aromatic N) is 2. The van der Waals surface area contributed by atoms with Crippen LogP contribution in [0.5, 0.6) is 5.75 Å². The summed E-state index contributed by atoms with van der Waals surface area (Å²) in [4.78, 5) is 0. The van der Waals surface area contributed by atoms with Crippen molar-refractivity contribution in [1.29, 1.82) is 0 Å². The molecular weight excluding hydrogens is 278 g/mol. The zero-order chi connectivity index (χ0) is 15.4. The van der Waals surface area contributed by atoms with Crippen molar-refractivity contribution >= 4 is 11.7 Å². The lowest BCUT2D eigenvalue weighted by molar-refractivity contribution is 0.190. The molecule has 3 aromatic rings. The fourth-order valence-electron chi connectivity index (χ4n) is 1.97. The summed E-state index contributed by atoms with van der Waals surface area (Å²) in [6.07, 6.45) is -0.318. The summed E-state index contributed by atoms with van der Waals surface area (Å²) >= 11 is 0. The molecule has 0 saturated heterocycles. The number of hydrogen-bond donors (Lipinski definition) is 1. The second-order valence-electron chi connectivity index (χ2n) is 5.01. The lowest BCUT2D eigenvalue weighted by Gasteiger charge is -2.10. The fourth-order valence-corrected chi connectivity index (χ4v) is 1.97. The second kappa shape index (κ2) is 6.30. The van der Waals surface area contributed by atoms with Crippen molar-refractivity contribution in [3.05, 3.63) is 66.1 Å². The number of aryl methyl sites for hydroxylation is 1. The summed E-state index contributed by atoms with van der Waals surface area (Å²) in [5.41, 5.74) is 2.08. The van der Waals surface area contributed by atoms with Crippen molar-refractivity contribution in [2.75, 3.05) is 5.32 Å². The van der Waals surface area contributed by atoms with Crippen LogP contribution < -0.4 is 10.1 Å². The molecule has 5 nitrogen and oxygen atoms in total. The second-order valence-corrected chi connectivity index (χ2v) is 5.01. The van der Waals surface area contributed by atoms with Crippen LogP contribution >= 0.6 is 0 Å². The van der Waals surface area contributed by atoms with Crippen LogP contribution in [0, 0.1) is 6.92 Å². The Labute approximate surface area is 129 Å². The minimum Gasteiger partial charge on any atom is -0.481 e. The van der Waals surface area contributed by atoms with Crippen LogP contribution in [0.15, 0.2) is 59.0 Å². The van der Waals surface area contributed by atoms with Gasteiger partial charge in [-0.3, -0.25) is 0 Å². The number of ether oxygens (including phenoxy) is 1. The van der Waals surface area contributed by atoms with Crippen LogP contribution in [0.4, 0.5) is 11.7 Å². The first-order valence-electron chi connectivity index (χ1n) is 7.09. The summed E-state index contributed by atoms with van der Waals surface area (Å²) in [5, 5.41) is 11.1. The van der Waals surface area contributed by atoms with E-state index in [2.05, 4.69) is 15.5 Å². The van der Waals surface area contributed by atoms with Gasteiger partial charge >= 0.3 is 6.01 Å². The highest BCUT2D eigenvalue weighted by Crippen LogP contribution is 2.23. The Morgan fingerprint density at radius 3 is 2.45 bits per heavy atom. The molecule has 1 heterocycles. The first-order valence-corrected chi connectivity index (χ1v) is 7.09. The minimum absolute atomic E-state index is 0.318. The van der Waals surface area contributed by atoms with Gasteiger partial charge in [0.25, 0.3) is 5.89 Å². The fraction of sp³-hybridized carbons (Fsp3) is 0.176. The summed E-state index contributed by atoms with van der Waals surface area (Å²) in [7, 11) is 0. The summed E-state index contributed by atoms with van der Waals surface area (Å²) in [6, 6.07) is 17.9. The van der Waals surface area contributed by atoms with Gasteiger partial charge in [-0.2, -0.15) is 0 Å². The molecule has 0 spiro atoms. The molecular formula is C17H17N3O2. The third-order valence-corrected chi connectivity index (χ3v) is 3.15. The Bertz CT molecular complexity index is 723. The Balaban J connectivity index is 1.66. The molecule has 1 aromatic heterocycles. The van der Waals surface area contributed by atoms with Gasteiger partial charge < -0.3 is 14.5 Å². The molecule has 1 unspecified atom stereocenters. The molecule has 0 saturated carbocycles. The first kappa shape index (κ1) is 14.1. The molecule has 0 aliphatic rings. The van der Waals surface area contributed by atoms with Gasteiger partial charge in [-0.05, 0) is 38.1 Å².